The van der Waals surface area contributed by atoms with E-state index in [1.807, 2.05) is 0 Å². The molecule has 0 radical (unpaired) electrons. The van der Waals surface area contributed by atoms with Crippen LogP contribution in [0.15, 0.2) is 0 Å². The van der Waals surface area contributed by atoms with Gasteiger partial charge in [-0.25, -0.2) is 0 Å². The van der Waals surface area contributed by atoms with Crippen LogP contribution in [-0.4, -0.2) is 44.0 Å². The Bertz CT molecular complexity index is 632. The van der Waals surface area contributed by atoms with Gasteiger partial charge in [0.1, 0.15) is 0 Å². The molecule has 0 aromatic carbocycles. The zero-order valence-corrected chi connectivity index (χ0v) is 14.8. The molecule has 1 aliphatic heterocycles. The van der Waals surface area contributed by atoms with Crippen LogP contribution in [0.25, 0.3) is 0 Å². The van der Waals surface area contributed by atoms with Crippen molar-refractivity contribution < 1.29 is 22.2 Å². The largest absolute Gasteiger partial charge is 0.279 e. The number of rotatable bonds is 4. The zero-order valence-electron chi connectivity index (χ0n) is 14.0. The molecule has 3 saturated carbocycles. The van der Waals surface area contributed by atoms with E-state index in [1.54, 1.807) is 4.90 Å². The molecule has 0 spiro atoms. The fourth-order valence-corrected chi connectivity index (χ4v) is 6.10. The van der Waals surface area contributed by atoms with Gasteiger partial charge < -0.3 is 0 Å². The van der Waals surface area contributed by atoms with Gasteiger partial charge in [-0.05, 0) is 56.3 Å². The van der Waals surface area contributed by atoms with Crippen LogP contribution in [-0.2, 0) is 23.9 Å². The van der Waals surface area contributed by atoms with Crippen LogP contribution in [0.3, 0.4) is 0 Å². The first-order chi connectivity index (χ1) is 11.3. The molecule has 3 aliphatic carbocycles. The average molecular weight is 355 g/mol. The fourth-order valence-electron chi connectivity index (χ4n) is 5.66. The Morgan fingerprint density at radius 3 is 2.21 bits per heavy atom. The second-order valence-electron chi connectivity index (χ2n) is 8.11. The molecule has 4 aliphatic rings. The molecule has 4 rings (SSSR count). The van der Waals surface area contributed by atoms with Gasteiger partial charge in [0.25, 0.3) is 10.1 Å². The average Bonchev–Trinajstić information content (AvgIpc) is 3.19. The molecule has 2 amide bonds. The Morgan fingerprint density at radius 1 is 1.00 bits per heavy atom. The van der Waals surface area contributed by atoms with E-state index in [0.717, 1.165) is 44.8 Å². The van der Waals surface area contributed by atoms with Crippen molar-refractivity contribution in [3.05, 3.63) is 0 Å². The second kappa shape index (κ2) is 5.80. The second-order valence-corrected chi connectivity index (χ2v) is 9.75. The van der Waals surface area contributed by atoms with Crippen molar-refractivity contribution in [3.8, 4) is 0 Å². The molecule has 6 atom stereocenters. The highest BCUT2D eigenvalue weighted by atomic mass is 32.2. The van der Waals surface area contributed by atoms with Gasteiger partial charge in [0.2, 0.25) is 11.8 Å². The summed E-state index contributed by atoms with van der Waals surface area (Å²) in [4.78, 5) is 27.3. The highest BCUT2D eigenvalue weighted by Crippen LogP contribution is 2.56. The first-order valence-corrected chi connectivity index (χ1v) is 10.9. The third-order valence-corrected chi connectivity index (χ3v) is 7.16. The van der Waals surface area contributed by atoms with E-state index in [2.05, 4.69) is 0 Å². The summed E-state index contributed by atoms with van der Waals surface area (Å²) in [6.45, 7) is 0.156. The number of carbonyl (C=O) groups is 2. The van der Waals surface area contributed by atoms with E-state index in [9.17, 15) is 18.0 Å². The molecule has 0 aromatic rings. The van der Waals surface area contributed by atoms with Gasteiger partial charge in [0.15, 0.2) is 0 Å². The molecule has 0 aromatic heterocycles. The van der Waals surface area contributed by atoms with Gasteiger partial charge >= 0.3 is 0 Å². The number of likely N-dealkylation sites (tertiary alicyclic amines) is 1. The maximum absolute atomic E-state index is 12.9. The van der Waals surface area contributed by atoms with Gasteiger partial charge in [-0.2, -0.15) is 8.42 Å². The van der Waals surface area contributed by atoms with Crippen molar-refractivity contribution >= 4 is 21.9 Å². The molecular weight excluding hydrogens is 330 g/mol. The van der Waals surface area contributed by atoms with E-state index in [4.69, 9.17) is 4.18 Å². The lowest BCUT2D eigenvalue weighted by Gasteiger charge is -2.34. The first-order valence-electron chi connectivity index (χ1n) is 9.06. The standard InChI is InChI=1S/C17H25NO5S/c1-24(21,22)23-9-10-3-2-4-13(7-10)18-16(19)14-11-5-6-12(8-11)15(14)17(18)20/h10-15H,2-9H2,1H3. The molecule has 1 heterocycles. The summed E-state index contributed by atoms with van der Waals surface area (Å²) < 4.78 is 27.3. The molecule has 134 valence electrons. The van der Waals surface area contributed by atoms with Crippen molar-refractivity contribution in [2.45, 2.75) is 51.0 Å². The zero-order chi connectivity index (χ0) is 17.1. The lowest BCUT2D eigenvalue weighted by atomic mass is 9.81. The highest BCUT2D eigenvalue weighted by molar-refractivity contribution is 7.85. The van der Waals surface area contributed by atoms with Gasteiger partial charge in [0, 0.05) is 6.04 Å². The molecular formula is C17H25NO5S. The minimum absolute atomic E-state index is 0.0480. The lowest BCUT2D eigenvalue weighted by molar-refractivity contribution is -0.144. The predicted octanol–water partition coefficient (Wildman–Crippen LogP) is 1.55. The summed E-state index contributed by atoms with van der Waals surface area (Å²) in [7, 11) is -3.45. The number of carbonyl (C=O) groups excluding carboxylic acids is 2. The molecule has 0 N–H and O–H groups in total. The van der Waals surface area contributed by atoms with Gasteiger partial charge in [-0.3, -0.25) is 18.7 Å². The molecule has 24 heavy (non-hydrogen) atoms. The SMILES string of the molecule is CS(=O)(=O)OCC1CCCC(N2C(=O)C3C4CCC(C4)C3C2=O)C1. The number of amides is 2. The van der Waals surface area contributed by atoms with E-state index < -0.39 is 10.1 Å². The summed E-state index contributed by atoms with van der Waals surface area (Å²) in [5.41, 5.74) is 0. The van der Waals surface area contributed by atoms with Crippen molar-refractivity contribution in [1.82, 2.24) is 4.90 Å². The monoisotopic (exact) mass is 355 g/mol. The topological polar surface area (TPSA) is 80.8 Å². The van der Waals surface area contributed by atoms with E-state index >= 15 is 0 Å². The predicted molar refractivity (Wildman–Crippen MR) is 86.2 cm³/mol. The van der Waals surface area contributed by atoms with E-state index in [0.29, 0.717) is 18.3 Å². The molecule has 7 heteroatoms. The fraction of sp³-hybridized carbons (Fsp3) is 0.882. The quantitative estimate of drug-likeness (QED) is 0.565. The third kappa shape index (κ3) is 2.69. The van der Waals surface area contributed by atoms with E-state index in [-0.39, 0.29) is 42.2 Å². The Kier molecular flexibility index (Phi) is 3.99. The summed E-state index contributed by atoms with van der Waals surface area (Å²) in [5.74, 6) is 0.881. The summed E-state index contributed by atoms with van der Waals surface area (Å²) in [6.07, 6.45) is 7.59. The minimum Gasteiger partial charge on any atom is -0.279 e. The van der Waals surface area contributed by atoms with Crippen LogP contribution < -0.4 is 0 Å². The van der Waals surface area contributed by atoms with Crippen molar-refractivity contribution in [1.29, 1.82) is 0 Å². The third-order valence-electron chi connectivity index (χ3n) is 6.60. The Balaban J connectivity index is 1.46. The van der Waals surface area contributed by atoms with Crippen LogP contribution in [0, 0.1) is 29.6 Å². The summed E-state index contributed by atoms with van der Waals surface area (Å²) >= 11 is 0. The number of imide groups is 1. The van der Waals surface area contributed by atoms with E-state index in [1.165, 1.54) is 0 Å². The minimum atomic E-state index is -3.45. The number of hydrogen-bond acceptors (Lipinski definition) is 5. The molecule has 4 fully saturated rings. The molecule has 2 bridgehead atoms. The molecule has 6 unspecified atom stereocenters. The van der Waals surface area contributed by atoms with Crippen molar-refractivity contribution in [2.75, 3.05) is 12.9 Å². The normalized spacial score (nSPS) is 42.0. The molecule has 1 saturated heterocycles. The molecule has 6 nitrogen and oxygen atoms in total. The Morgan fingerprint density at radius 2 is 1.62 bits per heavy atom. The van der Waals surface area contributed by atoms with Crippen LogP contribution >= 0.6 is 0 Å². The summed E-state index contributed by atoms with van der Waals surface area (Å²) in [5, 5.41) is 0. The maximum atomic E-state index is 12.9. The highest BCUT2D eigenvalue weighted by Gasteiger charge is 2.61. The van der Waals surface area contributed by atoms with Gasteiger partial charge in [-0.15, -0.1) is 0 Å². The lowest BCUT2D eigenvalue weighted by Crippen LogP contribution is -2.44. The number of fused-ring (bicyclic) bond motifs is 5. The van der Waals surface area contributed by atoms with Crippen molar-refractivity contribution in [2.24, 2.45) is 29.6 Å². The van der Waals surface area contributed by atoms with Crippen LogP contribution in [0.1, 0.15) is 44.9 Å². The van der Waals surface area contributed by atoms with Crippen molar-refractivity contribution in [3.63, 3.8) is 0 Å². The van der Waals surface area contributed by atoms with Gasteiger partial charge in [0.05, 0.1) is 24.7 Å². The van der Waals surface area contributed by atoms with Crippen LogP contribution in [0.2, 0.25) is 0 Å². The van der Waals surface area contributed by atoms with Crippen LogP contribution in [0.5, 0.6) is 0 Å². The maximum Gasteiger partial charge on any atom is 0.264 e. The Labute approximate surface area is 143 Å². The number of nitrogens with zero attached hydrogens (tertiary/aromatic N) is 1. The summed E-state index contributed by atoms with van der Waals surface area (Å²) in [6, 6.07) is -0.0723. The van der Waals surface area contributed by atoms with Crippen LogP contribution in [0.4, 0.5) is 0 Å². The van der Waals surface area contributed by atoms with Gasteiger partial charge in [-0.1, -0.05) is 6.42 Å². The number of hydrogen-bond donors (Lipinski definition) is 0. The first kappa shape index (κ1) is 16.5. The smallest absolute Gasteiger partial charge is 0.264 e. The Hall–Kier alpha value is -0.950.